The van der Waals surface area contributed by atoms with E-state index in [1.54, 1.807) is 0 Å². The molecule has 0 spiro atoms. The Hall–Kier alpha value is -2.68. The van der Waals surface area contributed by atoms with E-state index in [1.807, 2.05) is 0 Å². The Bertz CT molecular complexity index is 716. The molecule has 0 amide bonds. The van der Waals surface area contributed by atoms with Crippen molar-refractivity contribution in [3.05, 3.63) is 64.2 Å². The Balaban J connectivity index is 2.03. The normalized spacial score (nSPS) is 10.9. The average Bonchev–Trinajstić information content (AvgIpc) is 2.48. The van der Waals surface area contributed by atoms with Gasteiger partial charge >= 0.3 is 6.36 Å². The summed E-state index contributed by atoms with van der Waals surface area (Å²) in [6.07, 6.45) is -4.75. The molecule has 0 aliphatic rings. The lowest BCUT2D eigenvalue weighted by molar-refractivity contribution is -0.384. The second-order valence-corrected chi connectivity index (χ2v) is 4.74. The van der Waals surface area contributed by atoms with Crippen molar-refractivity contribution < 1.29 is 22.8 Å². The van der Waals surface area contributed by atoms with Crippen LogP contribution < -0.4 is 10.1 Å². The summed E-state index contributed by atoms with van der Waals surface area (Å²) >= 11 is 5.14. The van der Waals surface area contributed by atoms with Crippen molar-refractivity contribution in [1.82, 2.24) is 0 Å². The SMILES string of the molecule is O=[N+]([O-])c1ccc(C(=S)Nc2ccc(OC(F)(F)F)cc2)cc1. The van der Waals surface area contributed by atoms with Crippen LogP contribution in [0, 0.1) is 10.1 Å². The van der Waals surface area contributed by atoms with Gasteiger partial charge in [-0.1, -0.05) is 12.2 Å². The summed E-state index contributed by atoms with van der Waals surface area (Å²) < 4.78 is 39.9. The number of halogens is 3. The number of thiocarbonyl (C=S) groups is 1. The maximum Gasteiger partial charge on any atom is 0.573 e. The van der Waals surface area contributed by atoms with Gasteiger partial charge in [0.1, 0.15) is 10.7 Å². The molecule has 2 aromatic rings. The van der Waals surface area contributed by atoms with Crippen molar-refractivity contribution in [2.24, 2.45) is 0 Å². The molecule has 0 unspecified atom stereocenters. The van der Waals surface area contributed by atoms with Crippen molar-refractivity contribution in [2.45, 2.75) is 6.36 Å². The molecule has 23 heavy (non-hydrogen) atoms. The Morgan fingerprint density at radius 2 is 1.65 bits per heavy atom. The number of nitro groups is 1. The minimum absolute atomic E-state index is 0.0646. The minimum atomic E-state index is -4.75. The number of rotatable bonds is 4. The van der Waals surface area contributed by atoms with Crippen molar-refractivity contribution in [2.75, 3.05) is 5.32 Å². The van der Waals surface area contributed by atoms with Gasteiger partial charge in [-0.15, -0.1) is 13.2 Å². The Morgan fingerprint density at radius 3 is 2.13 bits per heavy atom. The van der Waals surface area contributed by atoms with Gasteiger partial charge in [-0.25, -0.2) is 0 Å². The van der Waals surface area contributed by atoms with E-state index in [4.69, 9.17) is 12.2 Å². The minimum Gasteiger partial charge on any atom is -0.406 e. The van der Waals surface area contributed by atoms with E-state index >= 15 is 0 Å². The van der Waals surface area contributed by atoms with E-state index in [1.165, 1.54) is 36.4 Å². The van der Waals surface area contributed by atoms with E-state index in [0.717, 1.165) is 12.1 Å². The second-order valence-electron chi connectivity index (χ2n) is 4.33. The highest BCUT2D eigenvalue weighted by Gasteiger charge is 2.30. The number of non-ortho nitro benzene ring substituents is 1. The molecule has 120 valence electrons. The maximum atomic E-state index is 12.1. The second kappa shape index (κ2) is 6.61. The molecule has 0 fully saturated rings. The molecule has 2 rings (SSSR count). The summed E-state index contributed by atoms with van der Waals surface area (Å²) in [6.45, 7) is 0. The maximum absolute atomic E-state index is 12.1. The molecule has 0 saturated carbocycles. The number of nitrogens with one attached hydrogen (secondary N) is 1. The van der Waals surface area contributed by atoms with E-state index in [2.05, 4.69) is 10.1 Å². The average molecular weight is 342 g/mol. The number of benzene rings is 2. The van der Waals surface area contributed by atoms with Gasteiger partial charge in [0.2, 0.25) is 0 Å². The third-order valence-electron chi connectivity index (χ3n) is 2.69. The van der Waals surface area contributed by atoms with Crippen LogP contribution in [0.3, 0.4) is 0 Å². The molecule has 0 aromatic heterocycles. The number of nitro benzene ring substituents is 1. The van der Waals surface area contributed by atoms with Crippen molar-refractivity contribution in [3.8, 4) is 5.75 Å². The van der Waals surface area contributed by atoms with Gasteiger partial charge in [-0.3, -0.25) is 10.1 Å². The zero-order chi connectivity index (χ0) is 17.0. The van der Waals surface area contributed by atoms with Gasteiger partial charge in [0, 0.05) is 23.4 Å². The van der Waals surface area contributed by atoms with Gasteiger partial charge in [-0.2, -0.15) is 0 Å². The summed E-state index contributed by atoms with van der Waals surface area (Å²) in [4.78, 5) is 10.3. The number of nitrogens with zero attached hydrogens (tertiary/aromatic N) is 1. The lowest BCUT2D eigenvalue weighted by Gasteiger charge is -2.11. The molecule has 2 aromatic carbocycles. The Labute approximate surface area is 133 Å². The van der Waals surface area contributed by atoms with Crippen LogP contribution in [0.4, 0.5) is 24.5 Å². The number of ether oxygens (including phenoxy) is 1. The number of hydrogen-bond donors (Lipinski definition) is 1. The highest BCUT2D eigenvalue weighted by Crippen LogP contribution is 2.24. The fourth-order valence-electron chi connectivity index (χ4n) is 1.68. The predicted molar refractivity (Wildman–Crippen MR) is 81.5 cm³/mol. The molecule has 0 saturated heterocycles. The van der Waals surface area contributed by atoms with Crippen LogP contribution in [0.2, 0.25) is 0 Å². The zero-order valence-corrected chi connectivity index (χ0v) is 12.1. The molecular formula is C14H9F3N2O3S. The molecule has 0 atom stereocenters. The van der Waals surface area contributed by atoms with Gasteiger partial charge < -0.3 is 10.1 Å². The third-order valence-corrected chi connectivity index (χ3v) is 3.02. The van der Waals surface area contributed by atoms with E-state index in [0.29, 0.717) is 11.3 Å². The molecular weight excluding hydrogens is 333 g/mol. The summed E-state index contributed by atoms with van der Waals surface area (Å²) in [7, 11) is 0. The fraction of sp³-hybridized carbons (Fsp3) is 0.0714. The highest BCUT2D eigenvalue weighted by molar-refractivity contribution is 7.81. The van der Waals surface area contributed by atoms with Crippen molar-refractivity contribution >= 4 is 28.6 Å². The summed E-state index contributed by atoms with van der Waals surface area (Å²) in [6, 6.07) is 10.6. The zero-order valence-electron chi connectivity index (χ0n) is 11.3. The lowest BCUT2D eigenvalue weighted by atomic mass is 10.2. The van der Waals surface area contributed by atoms with E-state index in [-0.39, 0.29) is 16.4 Å². The first-order valence-corrected chi connectivity index (χ1v) is 6.57. The standard InChI is InChI=1S/C14H9F3N2O3S/c15-14(16,17)22-12-7-3-10(4-8-12)18-13(23)9-1-5-11(6-2-9)19(20)21/h1-8H,(H,18,23). The van der Waals surface area contributed by atoms with Crippen LogP contribution in [-0.2, 0) is 0 Å². The van der Waals surface area contributed by atoms with Gasteiger partial charge in [-0.05, 0) is 36.4 Å². The van der Waals surface area contributed by atoms with Gasteiger partial charge in [0.15, 0.2) is 0 Å². The van der Waals surface area contributed by atoms with Crippen LogP contribution in [0.1, 0.15) is 5.56 Å². The smallest absolute Gasteiger partial charge is 0.406 e. The summed E-state index contributed by atoms with van der Waals surface area (Å²) in [5.41, 5.74) is 0.939. The van der Waals surface area contributed by atoms with Crippen LogP contribution >= 0.6 is 12.2 Å². The number of hydrogen-bond acceptors (Lipinski definition) is 4. The topological polar surface area (TPSA) is 64.4 Å². The van der Waals surface area contributed by atoms with Crippen molar-refractivity contribution in [3.63, 3.8) is 0 Å². The first kappa shape index (κ1) is 16.7. The van der Waals surface area contributed by atoms with Crippen LogP contribution in [0.25, 0.3) is 0 Å². The van der Waals surface area contributed by atoms with Crippen LogP contribution in [0.5, 0.6) is 5.75 Å². The first-order valence-electron chi connectivity index (χ1n) is 6.16. The third kappa shape index (κ3) is 4.92. The largest absolute Gasteiger partial charge is 0.573 e. The van der Waals surface area contributed by atoms with E-state index < -0.39 is 11.3 Å². The summed E-state index contributed by atoms with van der Waals surface area (Å²) in [5, 5.41) is 13.4. The Kier molecular flexibility index (Phi) is 4.80. The molecule has 0 bridgehead atoms. The lowest BCUT2D eigenvalue weighted by Crippen LogP contribution is -2.17. The van der Waals surface area contributed by atoms with Crippen molar-refractivity contribution in [1.29, 1.82) is 0 Å². The highest BCUT2D eigenvalue weighted by atomic mass is 32.1. The predicted octanol–water partition coefficient (Wildman–Crippen LogP) is 4.28. The molecule has 0 aliphatic heterocycles. The first-order chi connectivity index (χ1) is 10.7. The van der Waals surface area contributed by atoms with Gasteiger partial charge in [0.05, 0.1) is 4.92 Å². The molecule has 0 radical (unpaired) electrons. The molecule has 1 N–H and O–H groups in total. The number of alkyl halides is 3. The van der Waals surface area contributed by atoms with Gasteiger partial charge in [0.25, 0.3) is 5.69 Å². The Morgan fingerprint density at radius 1 is 1.09 bits per heavy atom. The molecule has 9 heteroatoms. The van der Waals surface area contributed by atoms with Crippen LogP contribution in [0.15, 0.2) is 48.5 Å². The van der Waals surface area contributed by atoms with Crippen LogP contribution in [-0.4, -0.2) is 16.3 Å². The quantitative estimate of drug-likeness (QED) is 0.510. The molecule has 0 heterocycles. The molecule has 0 aliphatic carbocycles. The fourth-order valence-corrected chi connectivity index (χ4v) is 1.93. The monoisotopic (exact) mass is 342 g/mol. The number of anilines is 1. The summed E-state index contributed by atoms with van der Waals surface area (Å²) in [5.74, 6) is -0.343. The molecule has 5 nitrogen and oxygen atoms in total. The van der Waals surface area contributed by atoms with E-state index in [9.17, 15) is 23.3 Å².